The summed E-state index contributed by atoms with van der Waals surface area (Å²) in [5.74, 6) is 0.497. The molecule has 21 heavy (non-hydrogen) atoms. The Morgan fingerprint density at radius 1 is 1.00 bits per heavy atom. The fraction of sp³-hybridized carbons (Fsp3) is 0.333. The molecule has 0 amide bonds. The summed E-state index contributed by atoms with van der Waals surface area (Å²) in [6.45, 7) is 2.12. The van der Waals surface area contributed by atoms with Gasteiger partial charge < -0.3 is 5.32 Å². The molecule has 1 fully saturated rings. The number of hydrogen-bond acceptors (Lipinski definition) is 1. The average Bonchev–Trinajstić information content (AvgIpc) is 3.31. The second-order valence-corrected chi connectivity index (χ2v) is 6.24. The van der Waals surface area contributed by atoms with Gasteiger partial charge in [-0.3, -0.25) is 0 Å². The van der Waals surface area contributed by atoms with Crippen molar-refractivity contribution in [3.8, 4) is 0 Å². The largest absolute Gasteiger partial charge is 0.303 e. The van der Waals surface area contributed by atoms with Gasteiger partial charge >= 0.3 is 0 Å². The fourth-order valence-electron chi connectivity index (χ4n) is 2.72. The Morgan fingerprint density at radius 3 is 2.14 bits per heavy atom. The van der Waals surface area contributed by atoms with Crippen molar-refractivity contribution in [1.82, 2.24) is 5.32 Å². The van der Waals surface area contributed by atoms with Crippen LogP contribution in [-0.2, 0) is 0 Å². The van der Waals surface area contributed by atoms with Crippen LogP contribution in [0.25, 0.3) is 0 Å². The minimum absolute atomic E-state index is 0.187. The van der Waals surface area contributed by atoms with Gasteiger partial charge in [-0.1, -0.05) is 35.9 Å². The van der Waals surface area contributed by atoms with Gasteiger partial charge in [0.25, 0.3) is 0 Å². The first-order valence-electron chi connectivity index (χ1n) is 7.40. The molecule has 1 aliphatic carbocycles. The predicted octanol–water partition coefficient (Wildman–Crippen LogP) is 5.28. The van der Waals surface area contributed by atoms with Crippen LogP contribution >= 0.6 is 11.6 Å². The van der Waals surface area contributed by atoms with E-state index in [1.54, 1.807) is 0 Å². The molecule has 0 spiro atoms. The van der Waals surface area contributed by atoms with Crippen molar-refractivity contribution in [2.75, 3.05) is 0 Å². The molecule has 0 heterocycles. The highest BCUT2D eigenvalue weighted by atomic mass is 35.5. The number of hydrogen-bond donors (Lipinski definition) is 1. The summed E-state index contributed by atoms with van der Waals surface area (Å²) in [6, 6.07) is 15.3. The zero-order chi connectivity index (χ0) is 14.8. The number of nitrogens with one attached hydrogen (secondary N) is 1. The summed E-state index contributed by atoms with van der Waals surface area (Å²) in [5, 5.41) is 4.45. The van der Waals surface area contributed by atoms with Gasteiger partial charge in [-0.05, 0) is 61.1 Å². The molecule has 110 valence electrons. The lowest BCUT2D eigenvalue weighted by Crippen LogP contribution is -2.26. The Balaban J connectivity index is 1.76. The highest BCUT2D eigenvalue weighted by Gasteiger charge is 2.33. The van der Waals surface area contributed by atoms with Crippen LogP contribution in [0.2, 0.25) is 5.02 Å². The SMILES string of the molecule is CC(NC(c1ccc(Cl)cc1)C1CC1)c1ccc(F)cc1. The van der Waals surface area contributed by atoms with Crippen LogP contribution in [0.1, 0.15) is 43.0 Å². The first-order chi connectivity index (χ1) is 10.1. The molecule has 0 saturated heterocycles. The number of benzene rings is 2. The van der Waals surface area contributed by atoms with Crippen molar-refractivity contribution in [2.45, 2.75) is 31.8 Å². The van der Waals surface area contributed by atoms with Gasteiger partial charge in [0.15, 0.2) is 0 Å². The molecule has 0 aliphatic heterocycles. The van der Waals surface area contributed by atoms with Gasteiger partial charge in [0, 0.05) is 17.1 Å². The van der Waals surface area contributed by atoms with E-state index in [9.17, 15) is 4.39 Å². The molecule has 3 heteroatoms. The first kappa shape index (κ1) is 14.6. The van der Waals surface area contributed by atoms with Crippen molar-refractivity contribution < 1.29 is 4.39 Å². The smallest absolute Gasteiger partial charge is 0.123 e. The van der Waals surface area contributed by atoms with Crippen molar-refractivity contribution in [3.63, 3.8) is 0 Å². The quantitative estimate of drug-likeness (QED) is 0.792. The van der Waals surface area contributed by atoms with E-state index in [1.165, 1.54) is 30.5 Å². The third-order valence-corrected chi connectivity index (χ3v) is 4.37. The van der Waals surface area contributed by atoms with Crippen molar-refractivity contribution in [2.24, 2.45) is 5.92 Å². The number of halogens is 2. The second kappa shape index (κ2) is 6.17. The Morgan fingerprint density at radius 2 is 1.57 bits per heavy atom. The zero-order valence-corrected chi connectivity index (χ0v) is 12.8. The molecule has 1 nitrogen and oxygen atoms in total. The molecular formula is C18H19ClFN. The van der Waals surface area contributed by atoms with Crippen LogP contribution in [0.4, 0.5) is 4.39 Å². The molecular weight excluding hydrogens is 285 g/mol. The van der Waals surface area contributed by atoms with Crippen LogP contribution in [0.15, 0.2) is 48.5 Å². The fourth-order valence-corrected chi connectivity index (χ4v) is 2.85. The van der Waals surface area contributed by atoms with Gasteiger partial charge in [0.1, 0.15) is 5.82 Å². The zero-order valence-electron chi connectivity index (χ0n) is 12.0. The first-order valence-corrected chi connectivity index (χ1v) is 7.78. The summed E-state index contributed by atoms with van der Waals surface area (Å²) in [6.07, 6.45) is 2.52. The lowest BCUT2D eigenvalue weighted by Gasteiger charge is -2.24. The van der Waals surface area contributed by atoms with Crippen LogP contribution in [-0.4, -0.2) is 0 Å². The lowest BCUT2D eigenvalue weighted by atomic mass is 9.99. The Kier molecular flexibility index (Phi) is 4.27. The van der Waals surface area contributed by atoms with Crippen LogP contribution in [0.3, 0.4) is 0 Å². The van der Waals surface area contributed by atoms with E-state index < -0.39 is 0 Å². The van der Waals surface area contributed by atoms with Crippen molar-refractivity contribution in [1.29, 1.82) is 0 Å². The van der Waals surface area contributed by atoms with Gasteiger partial charge in [-0.2, -0.15) is 0 Å². The molecule has 2 aromatic rings. The Bertz CT molecular complexity index is 590. The summed E-state index contributed by atoms with van der Waals surface area (Å²) in [4.78, 5) is 0. The van der Waals surface area contributed by atoms with E-state index >= 15 is 0 Å². The predicted molar refractivity (Wildman–Crippen MR) is 84.9 cm³/mol. The van der Waals surface area contributed by atoms with Crippen molar-refractivity contribution in [3.05, 3.63) is 70.5 Å². The minimum Gasteiger partial charge on any atom is -0.303 e. The minimum atomic E-state index is -0.192. The van der Waals surface area contributed by atoms with Crippen molar-refractivity contribution >= 4 is 11.6 Å². The van der Waals surface area contributed by atoms with Gasteiger partial charge in [0.2, 0.25) is 0 Å². The Hall–Kier alpha value is -1.38. The molecule has 2 aromatic carbocycles. The molecule has 1 aliphatic rings. The van der Waals surface area contributed by atoms with E-state index in [0.717, 1.165) is 10.6 Å². The molecule has 0 aromatic heterocycles. The van der Waals surface area contributed by atoms with Gasteiger partial charge in [0.05, 0.1) is 0 Å². The van der Waals surface area contributed by atoms with E-state index in [2.05, 4.69) is 24.4 Å². The maximum Gasteiger partial charge on any atom is 0.123 e. The molecule has 1 saturated carbocycles. The Labute approximate surface area is 130 Å². The lowest BCUT2D eigenvalue weighted by molar-refractivity contribution is 0.427. The van der Waals surface area contributed by atoms with E-state index in [-0.39, 0.29) is 11.9 Å². The molecule has 3 rings (SSSR count). The third-order valence-electron chi connectivity index (χ3n) is 4.12. The monoisotopic (exact) mass is 303 g/mol. The van der Waals surface area contributed by atoms with Gasteiger partial charge in [-0.15, -0.1) is 0 Å². The van der Waals surface area contributed by atoms with E-state index in [0.29, 0.717) is 12.0 Å². The molecule has 1 N–H and O–H groups in total. The maximum absolute atomic E-state index is 13.0. The molecule has 0 bridgehead atoms. The van der Waals surface area contributed by atoms with Crippen LogP contribution in [0, 0.1) is 11.7 Å². The van der Waals surface area contributed by atoms with E-state index in [4.69, 9.17) is 11.6 Å². The second-order valence-electron chi connectivity index (χ2n) is 5.81. The normalized spacial score (nSPS) is 17.5. The molecule has 2 unspecified atom stereocenters. The molecule has 2 atom stereocenters. The summed E-state index contributed by atoms with van der Waals surface area (Å²) >= 11 is 5.97. The number of rotatable bonds is 5. The van der Waals surface area contributed by atoms with Crippen LogP contribution in [0.5, 0.6) is 0 Å². The standard InChI is InChI=1S/C18H19ClFN/c1-12(13-6-10-17(20)11-7-13)21-18(14-2-3-14)15-4-8-16(19)9-5-15/h4-12,14,18,21H,2-3H2,1H3. The summed E-state index contributed by atoms with van der Waals surface area (Å²) in [7, 11) is 0. The summed E-state index contributed by atoms with van der Waals surface area (Å²) < 4.78 is 13.0. The van der Waals surface area contributed by atoms with Crippen LogP contribution < -0.4 is 5.32 Å². The summed E-state index contributed by atoms with van der Waals surface area (Å²) in [5.41, 5.74) is 2.38. The maximum atomic E-state index is 13.0. The topological polar surface area (TPSA) is 12.0 Å². The van der Waals surface area contributed by atoms with Gasteiger partial charge in [-0.25, -0.2) is 4.39 Å². The highest BCUT2D eigenvalue weighted by molar-refractivity contribution is 6.30. The average molecular weight is 304 g/mol. The van der Waals surface area contributed by atoms with E-state index in [1.807, 2.05) is 24.3 Å². The highest BCUT2D eigenvalue weighted by Crippen LogP contribution is 2.42. The third kappa shape index (κ3) is 3.63. The molecule has 0 radical (unpaired) electrons.